The van der Waals surface area contributed by atoms with Crippen LogP contribution in [0.3, 0.4) is 0 Å². The van der Waals surface area contributed by atoms with Crippen LogP contribution in [0.4, 0.5) is 16.2 Å². The van der Waals surface area contributed by atoms with E-state index in [1.807, 2.05) is 61.5 Å². The van der Waals surface area contributed by atoms with Crippen molar-refractivity contribution in [3.63, 3.8) is 0 Å². The molecule has 0 aliphatic carbocycles. The Morgan fingerprint density at radius 1 is 1.04 bits per heavy atom. The maximum absolute atomic E-state index is 12.5. The smallest absolute Gasteiger partial charge is 0.323 e. The number of hydrogen-bond acceptors (Lipinski definition) is 3. The molecule has 3 aromatic rings. The van der Waals surface area contributed by atoms with E-state index in [0.717, 1.165) is 16.8 Å². The summed E-state index contributed by atoms with van der Waals surface area (Å²) in [5, 5.41) is 9.98. The molecule has 0 saturated heterocycles. The molecule has 0 spiro atoms. The van der Waals surface area contributed by atoms with E-state index >= 15 is 0 Å². The maximum Gasteiger partial charge on any atom is 0.323 e. The molecule has 2 amide bonds. The number of anilines is 2. The van der Waals surface area contributed by atoms with E-state index in [9.17, 15) is 4.79 Å². The van der Waals surface area contributed by atoms with Crippen molar-refractivity contribution >= 4 is 17.4 Å². The van der Waals surface area contributed by atoms with Gasteiger partial charge in [-0.1, -0.05) is 48.5 Å². The Morgan fingerprint density at radius 2 is 1.72 bits per heavy atom. The molecule has 0 bridgehead atoms. The van der Waals surface area contributed by atoms with Crippen molar-refractivity contribution in [3.8, 4) is 17.0 Å². The topological polar surface area (TPSA) is 68.2 Å². The van der Waals surface area contributed by atoms with Gasteiger partial charge in [0.1, 0.15) is 5.69 Å². The fourth-order valence-corrected chi connectivity index (χ4v) is 2.74. The molecule has 6 heteroatoms. The number of rotatable bonds is 4. The average molecular weight is 336 g/mol. The number of urea groups is 1. The van der Waals surface area contributed by atoms with Gasteiger partial charge in [0.2, 0.25) is 5.88 Å². The first-order chi connectivity index (χ1) is 12.1. The second kappa shape index (κ2) is 7.09. The number of aromatic nitrogens is 2. The first-order valence-electron chi connectivity index (χ1n) is 7.90. The molecule has 128 valence electrons. The van der Waals surface area contributed by atoms with Crippen molar-refractivity contribution in [2.24, 2.45) is 7.05 Å². The van der Waals surface area contributed by atoms with E-state index in [4.69, 9.17) is 4.74 Å². The summed E-state index contributed by atoms with van der Waals surface area (Å²) in [6.45, 7) is 1.82. The minimum absolute atomic E-state index is 0.349. The third kappa shape index (κ3) is 3.47. The summed E-state index contributed by atoms with van der Waals surface area (Å²) < 4.78 is 6.89. The predicted octanol–water partition coefficient (Wildman–Crippen LogP) is 4.05. The first kappa shape index (κ1) is 16.6. The van der Waals surface area contributed by atoms with Gasteiger partial charge in [-0.25, -0.2) is 9.48 Å². The number of amides is 2. The van der Waals surface area contributed by atoms with Crippen molar-refractivity contribution in [1.29, 1.82) is 0 Å². The normalized spacial score (nSPS) is 10.4. The molecular formula is C19H20N4O2. The molecule has 25 heavy (non-hydrogen) atoms. The Bertz CT molecular complexity index is 888. The standard InChI is InChI=1S/C19H20N4O2/c1-13-17(18(25-3)23(2)22-13)21-19(24)20-16-12-8-7-11-15(16)14-9-5-4-6-10-14/h4-12H,1-3H3,(H2,20,21,24). The van der Waals surface area contributed by atoms with Crippen LogP contribution in [0.5, 0.6) is 5.88 Å². The summed E-state index contributed by atoms with van der Waals surface area (Å²) in [6.07, 6.45) is 0. The highest BCUT2D eigenvalue weighted by Gasteiger charge is 2.17. The summed E-state index contributed by atoms with van der Waals surface area (Å²) in [7, 11) is 3.31. The lowest BCUT2D eigenvalue weighted by molar-refractivity contribution is 0.262. The van der Waals surface area contributed by atoms with Gasteiger partial charge in [0.05, 0.1) is 18.5 Å². The quantitative estimate of drug-likeness (QED) is 0.755. The molecule has 0 radical (unpaired) electrons. The highest BCUT2D eigenvalue weighted by molar-refractivity contribution is 6.03. The summed E-state index contributed by atoms with van der Waals surface area (Å²) in [6, 6.07) is 17.2. The predicted molar refractivity (Wildman–Crippen MR) is 99.0 cm³/mol. The Morgan fingerprint density at radius 3 is 2.44 bits per heavy atom. The van der Waals surface area contributed by atoms with Gasteiger partial charge in [-0.15, -0.1) is 0 Å². The number of hydrogen-bond donors (Lipinski definition) is 2. The van der Waals surface area contributed by atoms with E-state index in [0.29, 0.717) is 17.3 Å². The summed E-state index contributed by atoms with van der Waals surface area (Å²) in [4.78, 5) is 12.5. The zero-order chi connectivity index (χ0) is 17.8. The van der Waals surface area contributed by atoms with Crippen LogP contribution in [0, 0.1) is 6.92 Å². The monoisotopic (exact) mass is 336 g/mol. The number of carbonyl (C=O) groups is 1. The van der Waals surface area contributed by atoms with Crippen LogP contribution in [-0.4, -0.2) is 22.9 Å². The van der Waals surface area contributed by atoms with Crippen LogP contribution >= 0.6 is 0 Å². The largest absolute Gasteiger partial charge is 0.480 e. The second-order valence-corrected chi connectivity index (χ2v) is 5.58. The molecular weight excluding hydrogens is 316 g/mol. The number of carbonyl (C=O) groups excluding carboxylic acids is 1. The van der Waals surface area contributed by atoms with Gasteiger partial charge in [-0.3, -0.25) is 0 Å². The van der Waals surface area contributed by atoms with Crippen molar-refractivity contribution in [2.45, 2.75) is 6.92 Å². The molecule has 0 unspecified atom stereocenters. The number of para-hydroxylation sites is 1. The molecule has 0 aliphatic rings. The van der Waals surface area contributed by atoms with Crippen LogP contribution in [-0.2, 0) is 7.05 Å². The van der Waals surface area contributed by atoms with Crippen LogP contribution in [0.2, 0.25) is 0 Å². The molecule has 0 fully saturated rings. The Hall–Kier alpha value is -3.28. The lowest BCUT2D eigenvalue weighted by Crippen LogP contribution is -2.20. The molecule has 0 aliphatic heterocycles. The second-order valence-electron chi connectivity index (χ2n) is 5.58. The van der Waals surface area contributed by atoms with E-state index in [-0.39, 0.29) is 6.03 Å². The molecule has 0 atom stereocenters. The number of nitrogens with zero attached hydrogens (tertiary/aromatic N) is 2. The maximum atomic E-state index is 12.5. The Balaban J connectivity index is 1.83. The van der Waals surface area contributed by atoms with E-state index in [2.05, 4.69) is 15.7 Å². The average Bonchev–Trinajstić information content (AvgIpc) is 2.89. The molecule has 2 N–H and O–H groups in total. The van der Waals surface area contributed by atoms with Gasteiger partial charge in [-0.05, 0) is 18.6 Å². The zero-order valence-electron chi connectivity index (χ0n) is 14.4. The van der Waals surface area contributed by atoms with Gasteiger partial charge >= 0.3 is 6.03 Å². The van der Waals surface area contributed by atoms with Crippen LogP contribution in [0.15, 0.2) is 54.6 Å². The van der Waals surface area contributed by atoms with Gasteiger partial charge in [0.15, 0.2) is 0 Å². The Labute approximate surface area is 146 Å². The van der Waals surface area contributed by atoms with Crippen LogP contribution in [0.25, 0.3) is 11.1 Å². The summed E-state index contributed by atoms with van der Waals surface area (Å²) >= 11 is 0. The molecule has 3 rings (SSSR count). The molecule has 6 nitrogen and oxygen atoms in total. The fraction of sp³-hybridized carbons (Fsp3) is 0.158. The van der Waals surface area contributed by atoms with Crippen molar-refractivity contribution < 1.29 is 9.53 Å². The van der Waals surface area contributed by atoms with Crippen molar-refractivity contribution in [2.75, 3.05) is 17.7 Å². The first-order valence-corrected chi connectivity index (χ1v) is 7.90. The summed E-state index contributed by atoms with van der Waals surface area (Å²) in [5.41, 5.74) is 3.96. The molecule has 1 aromatic heterocycles. The number of nitrogens with one attached hydrogen (secondary N) is 2. The van der Waals surface area contributed by atoms with Crippen LogP contribution < -0.4 is 15.4 Å². The van der Waals surface area contributed by atoms with Crippen LogP contribution in [0.1, 0.15) is 5.69 Å². The highest BCUT2D eigenvalue weighted by Crippen LogP contribution is 2.29. The number of ether oxygens (including phenoxy) is 1. The minimum atomic E-state index is -0.349. The van der Waals surface area contributed by atoms with Gasteiger partial charge in [-0.2, -0.15) is 5.10 Å². The third-order valence-electron chi connectivity index (χ3n) is 3.86. The lowest BCUT2D eigenvalue weighted by atomic mass is 10.0. The van der Waals surface area contributed by atoms with Crippen molar-refractivity contribution in [3.05, 3.63) is 60.3 Å². The molecule has 2 aromatic carbocycles. The SMILES string of the molecule is COc1c(NC(=O)Nc2ccccc2-c2ccccc2)c(C)nn1C. The fourth-order valence-electron chi connectivity index (χ4n) is 2.74. The van der Waals surface area contributed by atoms with E-state index in [1.165, 1.54) is 0 Å². The molecule has 0 saturated carbocycles. The number of methoxy groups -OCH3 is 1. The Kier molecular flexibility index (Phi) is 4.70. The van der Waals surface area contributed by atoms with Crippen molar-refractivity contribution in [1.82, 2.24) is 9.78 Å². The number of benzene rings is 2. The highest BCUT2D eigenvalue weighted by atomic mass is 16.5. The van der Waals surface area contributed by atoms with Gasteiger partial charge < -0.3 is 15.4 Å². The van der Waals surface area contributed by atoms with E-state index < -0.39 is 0 Å². The minimum Gasteiger partial charge on any atom is -0.480 e. The van der Waals surface area contributed by atoms with Gasteiger partial charge in [0.25, 0.3) is 0 Å². The number of aryl methyl sites for hydroxylation is 2. The summed E-state index contributed by atoms with van der Waals surface area (Å²) in [5.74, 6) is 0.504. The third-order valence-corrected chi connectivity index (χ3v) is 3.86. The lowest BCUT2D eigenvalue weighted by Gasteiger charge is -2.12. The zero-order valence-corrected chi connectivity index (χ0v) is 14.4. The molecule has 1 heterocycles. The van der Waals surface area contributed by atoms with E-state index in [1.54, 1.807) is 18.8 Å². The van der Waals surface area contributed by atoms with Gasteiger partial charge in [0, 0.05) is 12.6 Å².